The molecule has 0 aliphatic heterocycles. The van der Waals surface area contributed by atoms with Gasteiger partial charge in [-0.15, -0.1) is 0 Å². The topological polar surface area (TPSA) is 96.3 Å². The third-order valence-electron chi connectivity index (χ3n) is 5.18. The molecule has 1 aliphatic carbocycles. The number of hydrogen-bond acceptors (Lipinski definition) is 4. The van der Waals surface area contributed by atoms with E-state index in [4.69, 9.17) is 0 Å². The van der Waals surface area contributed by atoms with Crippen LogP contribution in [-0.2, 0) is 4.79 Å². The van der Waals surface area contributed by atoms with Crippen LogP contribution in [0.15, 0.2) is 24.3 Å². The van der Waals surface area contributed by atoms with Gasteiger partial charge in [0.05, 0.1) is 11.4 Å². The summed E-state index contributed by atoms with van der Waals surface area (Å²) in [6.45, 7) is 7.45. The van der Waals surface area contributed by atoms with E-state index in [9.17, 15) is 14.7 Å². The molecule has 1 fully saturated rings. The van der Waals surface area contributed by atoms with Gasteiger partial charge in [0.2, 0.25) is 5.91 Å². The van der Waals surface area contributed by atoms with E-state index in [0.717, 1.165) is 31.4 Å². The van der Waals surface area contributed by atoms with Gasteiger partial charge in [0.25, 0.3) is 0 Å². The Hall–Kier alpha value is -2.83. The third-order valence-corrected chi connectivity index (χ3v) is 5.18. The van der Waals surface area contributed by atoms with E-state index in [1.165, 1.54) is 10.7 Å². The Morgan fingerprint density at radius 2 is 1.83 bits per heavy atom. The fourth-order valence-corrected chi connectivity index (χ4v) is 3.62. The van der Waals surface area contributed by atoms with Crippen molar-refractivity contribution in [2.24, 2.45) is 5.92 Å². The van der Waals surface area contributed by atoms with Crippen LogP contribution in [-0.4, -0.2) is 32.9 Å². The monoisotopic (exact) mass is 398 g/mol. The van der Waals surface area contributed by atoms with E-state index < -0.39 is 0 Å². The zero-order valence-corrected chi connectivity index (χ0v) is 17.5. The molecule has 0 spiro atoms. The highest BCUT2D eigenvalue weighted by molar-refractivity contribution is 5.93. The largest absolute Gasteiger partial charge is 0.507 e. The average Bonchev–Trinajstić information content (AvgIpc) is 3.31. The molecule has 0 atom stereocenters. The summed E-state index contributed by atoms with van der Waals surface area (Å²) in [5.41, 5.74) is 2.46. The van der Waals surface area contributed by atoms with E-state index >= 15 is 0 Å². The fraction of sp³-hybridized carbons (Fsp3) is 0.500. The molecule has 1 heterocycles. The highest BCUT2D eigenvalue weighted by atomic mass is 16.3. The van der Waals surface area contributed by atoms with Crippen molar-refractivity contribution in [3.63, 3.8) is 0 Å². The van der Waals surface area contributed by atoms with Crippen LogP contribution in [0.4, 0.5) is 10.5 Å². The average molecular weight is 399 g/mol. The van der Waals surface area contributed by atoms with Crippen molar-refractivity contribution in [3.8, 4) is 17.0 Å². The van der Waals surface area contributed by atoms with Crippen molar-refractivity contribution in [1.29, 1.82) is 0 Å². The molecule has 1 saturated carbocycles. The summed E-state index contributed by atoms with van der Waals surface area (Å²) in [5, 5.41) is 20.7. The number of anilines is 1. The zero-order valence-electron chi connectivity index (χ0n) is 17.5. The van der Waals surface area contributed by atoms with Crippen LogP contribution in [0.3, 0.4) is 0 Å². The maximum Gasteiger partial charge on any atom is 0.342 e. The van der Waals surface area contributed by atoms with E-state index in [1.54, 1.807) is 12.1 Å². The molecule has 2 aromatic rings. The summed E-state index contributed by atoms with van der Waals surface area (Å²) < 4.78 is 1.43. The molecule has 0 unspecified atom stereocenters. The molecule has 7 heteroatoms. The van der Waals surface area contributed by atoms with Gasteiger partial charge in [-0.1, -0.05) is 26.7 Å². The van der Waals surface area contributed by atoms with Gasteiger partial charge >= 0.3 is 6.03 Å². The number of amides is 2. The summed E-state index contributed by atoms with van der Waals surface area (Å²) in [6, 6.07) is 6.50. The SMILES string of the molecule is CC(C)NC(=O)n1nc(-c2cc(NC(=O)C(C)C)ccc2O)cc1C1CCCC1. The molecule has 7 nitrogen and oxygen atoms in total. The highest BCUT2D eigenvalue weighted by Crippen LogP contribution is 2.38. The smallest absolute Gasteiger partial charge is 0.342 e. The molecule has 3 rings (SSSR count). The standard InChI is InChI=1S/C22H30N4O3/c1-13(2)21(28)24-16-9-10-20(27)17(11-16)18-12-19(15-7-5-6-8-15)26(25-18)22(29)23-14(3)4/h9-15,27H,5-8H2,1-4H3,(H,23,29)(H,24,28). The molecule has 0 saturated heterocycles. The Labute approximate surface area is 171 Å². The lowest BCUT2D eigenvalue weighted by Gasteiger charge is -2.13. The second-order valence-corrected chi connectivity index (χ2v) is 8.33. The molecule has 1 aromatic heterocycles. The number of nitrogens with one attached hydrogen (secondary N) is 2. The number of carbonyl (C=O) groups excluding carboxylic acids is 2. The van der Waals surface area contributed by atoms with Gasteiger partial charge in [0, 0.05) is 29.1 Å². The molecule has 0 bridgehead atoms. The number of nitrogens with zero attached hydrogens (tertiary/aromatic N) is 2. The van der Waals surface area contributed by atoms with Crippen molar-refractivity contribution in [3.05, 3.63) is 30.0 Å². The van der Waals surface area contributed by atoms with Crippen LogP contribution in [0.25, 0.3) is 11.3 Å². The van der Waals surface area contributed by atoms with Crippen LogP contribution in [0.1, 0.15) is 65.0 Å². The van der Waals surface area contributed by atoms with Crippen molar-refractivity contribution in [2.75, 3.05) is 5.32 Å². The normalized spacial score (nSPS) is 14.6. The number of hydrogen-bond donors (Lipinski definition) is 3. The van der Waals surface area contributed by atoms with Crippen LogP contribution in [0, 0.1) is 5.92 Å². The predicted octanol–water partition coefficient (Wildman–Crippen LogP) is 4.47. The van der Waals surface area contributed by atoms with E-state index in [-0.39, 0.29) is 35.6 Å². The summed E-state index contributed by atoms with van der Waals surface area (Å²) >= 11 is 0. The summed E-state index contributed by atoms with van der Waals surface area (Å²) in [4.78, 5) is 24.7. The molecular weight excluding hydrogens is 368 g/mol. The lowest BCUT2D eigenvalue weighted by Crippen LogP contribution is -2.35. The number of phenolic OH excluding ortho intramolecular Hbond substituents is 1. The van der Waals surface area contributed by atoms with Crippen molar-refractivity contribution in [2.45, 2.75) is 65.3 Å². The summed E-state index contributed by atoms with van der Waals surface area (Å²) in [6.07, 6.45) is 4.32. The lowest BCUT2D eigenvalue weighted by molar-refractivity contribution is -0.118. The van der Waals surface area contributed by atoms with E-state index in [0.29, 0.717) is 16.9 Å². The van der Waals surface area contributed by atoms with Crippen molar-refractivity contribution >= 4 is 17.6 Å². The summed E-state index contributed by atoms with van der Waals surface area (Å²) in [7, 11) is 0. The van der Waals surface area contributed by atoms with Crippen molar-refractivity contribution < 1.29 is 14.7 Å². The fourth-order valence-electron chi connectivity index (χ4n) is 3.62. The number of aromatic hydroxyl groups is 1. The van der Waals surface area contributed by atoms with Crippen LogP contribution >= 0.6 is 0 Å². The number of carbonyl (C=O) groups is 2. The van der Waals surface area contributed by atoms with Gasteiger partial charge in [-0.25, -0.2) is 4.79 Å². The molecule has 156 valence electrons. The summed E-state index contributed by atoms with van der Waals surface area (Å²) in [5.74, 6) is 0.0786. The van der Waals surface area contributed by atoms with Gasteiger partial charge in [-0.2, -0.15) is 9.78 Å². The molecule has 29 heavy (non-hydrogen) atoms. The lowest BCUT2D eigenvalue weighted by atomic mass is 10.0. The van der Waals surface area contributed by atoms with Gasteiger partial charge in [0.1, 0.15) is 5.75 Å². The first-order valence-corrected chi connectivity index (χ1v) is 10.3. The van der Waals surface area contributed by atoms with Crippen LogP contribution in [0.2, 0.25) is 0 Å². The van der Waals surface area contributed by atoms with Gasteiger partial charge in [-0.3, -0.25) is 4.79 Å². The molecule has 1 aliphatic rings. The Balaban J connectivity index is 1.99. The van der Waals surface area contributed by atoms with Gasteiger partial charge < -0.3 is 15.7 Å². The highest BCUT2D eigenvalue weighted by Gasteiger charge is 2.26. The number of benzene rings is 1. The second-order valence-electron chi connectivity index (χ2n) is 8.33. The van der Waals surface area contributed by atoms with Gasteiger partial charge in [0.15, 0.2) is 0 Å². The maximum atomic E-state index is 12.7. The molecule has 3 N–H and O–H groups in total. The Morgan fingerprint density at radius 3 is 2.45 bits per heavy atom. The number of aromatic nitrogens is 2. The Bertz CT molecular complexity index is 895. The van der Waals surface area contributed by atoms with E-state index in [2.05, 4.69) is 15.7 Å². The third kappa shape index (κ3) is 4.78. The first kappa shape index (κ1) is 20.9. The number of rotatable bonds is 5. The van der Waals surface area contributed by atoms with Crippen LogP contribution < -0.4 is 10.6 Å². The molecular formula is C22H30N4O3. The van der Waals surface area contributed by atoms with Gasteiger partial charge in [-0.05, 0) is 51.0 Å². The van der Waals surface area contributed by atoms with E-state index in [1.807, 2.05) is 33.8 Å². The predicted molar refractivity (Wildman–Crippen MR) is 113 cm³/mol. The minimum absolute atomic E-state index is 0.00504. The first-order chi connectivity index (χ1) is 13.8. The van der Waals surface area contributed by atoms with Crippen LogP contribution in [0.5, 0.6) is 5.75 Å². The maximum absolute atomic E-state index is 12.7. The second kappa shape index (κ2) is 8.68. The molecule has 0 radical (unpaired) electrons. The minimum Gasteiger partial charge on any atom is -0.507 e. The zero-order chi connectivity index (χ0) is 21.1. The molecule has 2 amide bonds. The molecule has 1 aromatic carbocycles. The Kier molecular flexibility index (Phi) is 6.25. The quantitative estimate of drug-likeness (QED) is 0.647. The minimum atomic E-state index is -0.267. The number of phenols is 1. The Morgan fingerprint density at radius 1 is 1.14 bits per heavy atom. The van der Waals surface area contributed by atoms with Crippen molar-refractivity contribution in [1.82, 2.24) is 15.1 Å². The first-order valence-electron chi connectivity index (χ1n) is 10.3.